The fourth-order valence-electron chi connectivity index (χ4n) is 4.59. The number of carbonyl (C=O) groups is 1. The Kier molecular flexibility index (Phi) is 5.58. The van der Waals surface area contributed by atoms with Crippen LogP contribution in [0, 0.1) is 6.92 Å². The van der Waals surface area contributed by atoms with Gasteiger partial charge >= 0.3 is 0 Å². The first-order chi connectivity index (χ1) is 15.6. The van der Waals surface area contributed by atoms with E-state index in [1.165, 1.54) is 5.69 Å². The molecular formula is C27H29N3O2. The zero-order chi connectivity index (χ0) is 22.1. The molecule has 0 saturated carbocycles. The molecule has 2 aliphatic heterocycles. The number of rotatable bonds is 5. The quantitative estimate of drug-likeness (QED) is 0.592. The van der Waals surface area contributed by atoms with Crippen molar-refractivity contribution in [2.75, 3.05) is 38.1 Å². The van der Waals surface area contributed by atoms with Gasteiger partial charge in [-0.1, -0.05) is 30.3 Å². The minimum Gasteiger partial charge on any atom is -0.457 e. The summed E-state index contributed by atoms with van der Waals surface area (Å²) in [6.45, 7) is 7.54. The van der Waals surface area contributed by atoms with Crippen LogP contribution in [0.4, 0.5) is 5.69 Å². The Labute approximate surface area is 189 Å². The van der Waals surface area contributed by atoms with Gasteiger partial charge in [-0.2, -0.15) is 0 Å². The second-order valence-electron chi connectivity index (χ2n) is 8.81. The highest BCUT2D eigenvalue weighted by Crippen LogP contribution is 2.32. The number of piperazine rings is 1. The molecule has 5 rings (SSSR count). The number of amides is 1. The smallest absolute Gasteiger partial charge is 0.255 e. The van der Waals surface area contributed by atoms with Crippen molar-refractivity contribution in [2.24, 2.45) is 0 Å². The first kappa shape index (κ1) is 20.6. The van der Waals surface area contributed by atoms with Crippen LogP contribution >= 0.6 is 0 Å². The molecular weight excluding hydrogens is 398 g/mol. The lowest BCUT2D eigenvalue weighted by Gasteiger charge is -2.34. The molecule has 0 bridgehead atoms. The van der Waals surface area contributed by atoms with Crippen LogP contribution in [-0.2, 0) is 13.1 Å². The van der Waals surface area contributed by atoms with Crippen LogP contribution in [0.1, 0.15) is 27.0 Å². The Morgan fingerprint density at radius 2 is 1.56 bits per heavy atom. The highest BCUT2D eigenvalue weighted by atomic mass is 16.5. The van der Waals surface area contributed by atoms with Crippen LogP contribution < -0.4 is 9.64 Å². The summed E-state index contributed by atoms with van der Waals surface area (Å²) in [5.41, 5.74) is 5.45. The largest absolute Gasteiger partial charge is 0.457 e. The van der Waals surface area contributed by atoms with Gasteiger partial charge in [0.15, 0.2) is 0 Å². The van der Waals surface area contributed by atoms with Gasteiger partial charge in [0.1, 0.15) is 11.5 Å². The average molecular weight is 428 g/mol. The van der Waals surface area contributed by atoms with E-state index in [1.807, 2.05) is 59.5 Å². The maximum Gasteiger partial charge on any atom is 0.255 e. The number of aryl methyl sites for hydroxylation is 1. The van der Waals surface area contributed by atoms with Crippen molar-refractivity contribution < 1.29 is 9.53 Å². The minimum absolute atomic E-state index is 0.132. The predicted molar refractivity (Wildman–Crippen MR) is 127 cm³/mol. The highest BCUT2D eigenvalue weighted by molar-refractivity contribution is 6.00. The van der Waals surface area contributed by atoms with Gasteiger partial charge in [0.2, 0.25) is 0 Å². The summed E-state index contributed by atoms with van der Waals surface area (Å²) < 4.78 is 5.88. The van der Waals surface area contributed by atoms with Crippen molar-refractivity contribution >= 4 is 11.6 Å². The number of likely N-dealkylation sites (N-methyl/N-ethyl adjacent to an activating group) is 1. The van der Waals surface area contributed by atoms with Crippen LogP contribution in [0.5, 0.6) is 11.5 Å². The summed E-state index contributed by atoms with van der Waals surface area (Å²) in [7, 11) is 2.17. The third-order valence-electron chi connectivity index (χ3n) is 6.41. The van der Waals surface area contributed by atoms with Gasteiger partial charge in [0, 0.05) is 50.5 Å². The Bertz CT molecular complexity index is 1100. The van der Waals surface area contributed by atoms with Gasteiger partial charge in [-0.25, -0.2) is 0 Å². The summed E-state index contributed by atoms with van der Waals surface area (Å²) in [6, 6.07) is 22.2. The molecule has 5 nitrogen and oxygen atoms in total. The highest BCUT2D eigenvalue weighted by Gasteiger charge is 2.30. The molecule has 0 unspecified atom stereocenters. The topological polar surface area (TPSA) is 36.0 Å². The molecule has 3 aromatic carbocycles. The van der Waals surface area contributed by atoms with Gasteiger partial charge in [0.05, 0.1) is 0 Å². The summed E-state index contributed by atoms with van der Waals surface area (Å²) in [5, 5.41) is 0. The molecule has 2 aliphatic rings. The van der Waals surface area contributed by atoms with Gasteiger partial charge in [-0.3, -0.25) is 4.79 Å². The van der Waals surface area contributed by atoms with E-state index in [2.05, 4.69) is 35.9 Å². The Hall–Kier alpha value is -3.31. The Balaban J connectivity index is 1.28. The van der Waals surface area contributed by atoms with Crippen LogP contribution in [0.15, 0.2) is 66.7 Å². The van der Waals surface area contributed by atoms with E-state index >= 15 is 0 Å². The standard InChI is InChI=1S/C27H29N3O2/c1-20-16-23(29-14-12-28(2)13-15-29)17-22-19-30(27(31)26(20)22)18-21-8-10-25(11-9-21)32-24-6-4-3-5-7-24/h3-11,16-17H,12-15,18-19H2,1-2H3. The van der Waals surface area contributed by atoms with Crippen LogP contribution in [0.25, 0.3) is 0 Å². The van der Waals surface area contributed by atoms with E-state index in [9.17, 15) is 4.79 Å². The number of fused-ring (bicyclic) bond motifs is 1. The van der Waals surface area contributed by atoms with Gasteiger partial charge < -0.3 is 19.4 Å². The monoisotopic (exact) mass is 427 g/mol. The minimum atomic E-state index is 0.132. The second kappa shape index (κ2) is 8.67. The van der Waals surface area contributed by atoms with E-state index in [-0.39, 0.29) is 5.91 Å². The lowest BCUT2D eigenvalue weighted by molar-refractivity contribution is 0.0766. The molecule has 3 aromatic rings. The number of para-hydroxylation sites is 1. The molecule has 0 spiro atoms. The molecule has 5 heteroatoms. The van der Waals surface area contributed by atoms with Crippen LogP contribution in [0.2, 0.25) is 0 Å². The van der Waals surface area contributed by atoms with E-state index < -0.39 is 0 Å². The molecule has 0 radical (unpaired) electrons. The molecule has 1 amide bonds. The van der Waals surface area contributed by atoms with Gasteiger partial charge in [-0.05, 0) is 67.1 Å². The molecule has 0 aliphatic carbocycles. The van der Waals surface area contributed by atoms with Crippen molar-refractivity contribution in [3.63, 3.8) is 0 Å². The average Bonchev–Trinajstić information content (AvgIpc) is 3.12. The van der Waals surface area contributed by atoms with Crippen molar-refractivity contribution in [3.8, 4) is 11.5 Å². The lowest BCUT2D eigenvalue weighted by atomic mass is 10.0. The molecule has 0 atom stereocenters. The molecule has 164 valence electrons. The molecule has 0 N–H and O–H groups in total. The van der Waals surface area contributed by atoms with Crippen LogP contribution in [-0.4, -0.2) is 48.9 Å². The van der Waals surface area contributed by atoms with Crippen LogP contribution in [0.3, 0.4) is 0 Å². The zero-order valence-electron chi connectivity index (χ0n) is 18.8. The van der Waals surface area contributed by atoms with E-state index in [4.69, 9.17) is 4.74 Å². The number of benzene rings is 3. The number of carbonyl (C=O) groups excluding carboxylic acids is 1. The van der Waals surface area contributed by atoms with Gasteiger partial charge in [0.25, 0.3) is 5.91 Å². The Morgan fingerprint density at radius 1 is 0.875 bits per heavy atom. The summed E-state index contributed by atoms with van der Waals surface area (Å²) >= 11 is 0. The predicted octanol–water partition coefficient (Wildman–Crippen LogP) is 4.70. The third kappa shape index (κ3) is 4.21. The second-order valence-corrected chi connectivity index (χ2v) is 8.81. The van der Waals surface area contributed by atoms with Crippen molar-refractivity contribution in [2.45, 2.75) is 20.0 Å². The first-order valence-electron chi connectivity index (χ1n) is 11.2. The van der Waals surface area contributed by atoms with E-state index in [1.54, 1.807) is 0 Å². The maximum atomic E-state index is 13.1. The fraction of sp³-hybridized carbons (Fsp3) is 0.296. The number of anilines is 1. The van der Waals surface area contributed by atoms with E-state index in [0.29, 0.717) is 13.1 Å². The third-order valence-corrected chi connectivity index (χ3v) is 6.41. The normalized spacial score (nSPS) is 16.4. The summed E-state index contributed by atoms with van der Waals surface area (Å²) in [5.74, 6) is 1.74. The molecule has 2 heterocycles. The summed E-state index contributed by atoms with van der Waals surface area (Å²) in [6.07, 6.45) is 0. The lowest BCUT2D eigenvalue weighted by Crippen LogP contribution is -2.44. The fourth-order valence-corrected chi connectivity index (χ4v) is 4.59. The zero-order valence-corrected chi connectivity index (χ0v) is 18.8. The number of nitrogens with zero attached hydrogens (tertiary/aromatic N) is 3. The molecule has 1 saturated heterocycles. The van der Waals surface area contributed by atoms with Gasteiger partial charge in [-0.15, -0.1) is 0 Å². The van der Waals surface area contributed by atoms with Crippen molar-refractivity contribution in [1.82, 2.24) is 9.80 Å². The SMILES string of the molecule is Cc1cc(N2CCN(C)CC2)cc2c1C(=O)N(Cc1ccc(Oc3ccccc3)cc1)C2. The molecule has 1 fully saturated rings. The first-order valence-corrected chi connectivity index (χ1v) is 11.2. The number of ether oxygens (including phenoxy) is 1. The maximum absolute atomic E-state index is 13.1. The summed E-state index contributed by atoms with van der Waals surface area (Å²) in [4.78, 5) is 19.9. The molecule has 32 heavy (non-hydrogen) atoms. The van der Waals surface area contributed by atoms with Crippen molar-refractivity contribution in [3.05, 3.63) is 89.0 Å². The van der Waals surface area contributed by atoms with E-state index in [0.717, 1.165) is 59.9 Å². The molecule has 0 aromatic heterocycles. The Morgan fingerprint density at radius 3 is 2.28 bits per heavy atom. The van der Waals surface area contributed by atoms with Crippen molar-refractivity contribution in [1.29, 1.82) is 0 Å². The number of hydrogen-bond acceptors (Lipinski definition) is 4. The number of hydrogen-bond donors (Lipinski definition) is 0.